The third kappa shape index (κ3) is 5.03. The summed E-state index contributed by atoms with van der Waals surface area (Å²) in [5, 5.41) is 4.74. The Bertz CT molecular complexity index is 569. The number of nitrogens with one attached hydrogen (secondary N) is 1. The molecule has 4 heteroatoms. The largest absolute Gasteiger partial charge is 0.345 e. The zero-order chi connectivity index (χ0) is 15.1. The topological polar surface area (TPSA) is 15.3 Å². The number of anilines is 1. The maximum absolute atomic E-state index is 5.90. The molecule has 21 heavy (non-hydrogen) atoms. The lowest BCUT2D eigenvalue weighted by atomic mass is 10.2. The molecule has 0 unspecified atom stereocenters. The highest BCUT2D eigenvalue weighted by molar-refractivity contribution is 7.80. The number of rotatable bonds is 5. The Kier molecular flexibility index (Phi) is 6.03. The molecule has 2 aromatic carbocycles. The summed E-state index contributed by atoms with van der Waals surface area (Å²) in [4.78, 5) is 2.18. The molecule has 0 aromatic heterocycles. The van der Waals surface area contributed by atoms with Crippen molar-refractivity contribution in [3.8, 4) is 0 Å². The maximum Gasteiger partial charge on any atom is 0.173 e. The van der Waals surface area contributed by atoms with Gasteiger partial charge in [0, 0.05) is 23.8 Å². The summed E-state index contributed by atoms with van der Waals surface area (Å²) in [5.74, 6) is 0. The monoisotopic (exact) mass is 318 g/mol. The molecule has 0 fully saturated rings. The molecule has 0 heterocycles. The van der Waals surface area contributed by atoms with Crippen LogP contribution < -0.4 is 5.32 Å². The minimum Gasteiger partial charge on any atom is -0.345 e. The lowest BCUT2D eigenvalue weighted by molar-refractivity contribution is 0.418. The Morgan fingerprint density at radius 1 is 1.10 bits per heavy atom. The van der Waals surface area contributed by atoms with E-state index in [4.69, 9.17) is 23.8 Å². The summed E-state index contributed by atoms with van der Waals surface area (Å²) >= 11 is 11.4. The van der Waals surface area contributed by atoms with E-state index < -0.39 is 0 Å². The lowest BCUT2D eigenvalue weighted by Crippen LogP contribution is -2.34. The summed E-state index contributed by atoms with van der Waals surface area (Å²) in [6.07, 6.45) is 1.05. The third-order valence-corrected chi connectivity index (χ3v) is 3.70. The fourth-order valence-corrected chi connectivity index (χ4v) is 2.46. The van der Waals surface area contributed by atoms with Crippen molar-refractivity contribution < 1.29 is 0 Å². The molecule has 0 amide bonds. The number of halogens is 1. The van der Waals surface area contributed by atoms with Crippen LogP contribution in [-0.2, 0) is 6.54 Å². The second kappa shape index (κ2) is 8.01. The first kappa shape index (κ1) is 15.8. The Hall–Kier alpha value is -1.58. The molecule has 0 saturated carbocycles. The molecular formula is C17H19ClN2S. The van der Waals surface area contributed by atoms with E-state index in [0.29, 0.717) is 0 Å². The van der Waals surface area contributed by atoms with Gasteiger partial charge in [0.1, 0.15) is 0 Å². The first-order chi connectivity index (χ1) is 10.2. The van der Waals surface area contributed by atoms with Gasteiger partial charge in [-0.05, 0) is 48.5 Å². The van der Waals surface area contributed by atoms with E-state index in [-0.39, 0.29) is 0 Å². The van der Waals surface area contributed by atoms with E-state index in [1.165, 1.54) is 5.56 Å². The van der Waals surface area contributed by atoms with E-state index in [1.54, 1.807) is 0 Å². The summed E-state index contributed by atoms with van der Waals surface area (Å²) < 4.78 is 0. The molecular weight excluding hydrogens is 300 g/mol. The summed E-state index contributed by atoms with van der Waals surface area (Å²) in [6.45, 7) is 3.89. The first-order valence-corrected chi connectivity index (χ1v) is 7.83. The van der Waals surface area contributed by atoms with Crippen molar-refractivity contribution in [3.63, 3.8) is 0 Å². The molecule has 2 rings (SSSR count). The van der Waals surface area contributed by atoms with Crippen molar-refractivity contribution in [1.82, 2.24) is 4.90 Å². The van der Waals surface area contributed by atoms with Gasteiger partial charge in [-0.2, -0.15) is 0 Å². The molecule has 1 N–H and O–H groups in total. The van der Waals surface area contributed by atoms with Gasteiger partial charge in [0.05, 0.1) is 0 Å². The average molecular weight is 319 g/mol. The van der Waals surface area contributed by atoms with Gasteiger partial charge in [-0.25, -0.2) is 0 Å². The van der Waals surface area contributed by atoms with Crippen LogP contribution in [0.25, 0.3) is 0 Å². The average Bonchev–Trinajstić information content (AvgIpc) is 2.50. The highest BCUT2D eigenvalue weighted by atomic mass is 35.5. The number of nitrogens with zero attached hydrogens (tertiary/aromatic N) is 1. The number of benzene rings is 2. The number of hydrogen-bond acceptors (Lipinski definition) is 1. The zero-order valence-corrected chi connectivity index (χ0v) is 13.6. The van der Waals surface area contributed by atoms with Crippen LogP contribution in [0.2, 0.25) is 5.02 Å². The Morgan fingerprint density at radius 2 is 1.76 bits per heavy atom. The molecule has 2 aromatic rings. The highest BCUT2D eigenvalue weighted by Crippen LogP contribution is 2.15. The first-order valence-electron chi connectivity index (χ1n) is 7.04. The quantitative estimate of drug-likeness (QED) is 0.785. The van der Waals surface area contributed by atoms with Crippen molar-refractivity contribution in [3.05, 3.63) is 65.2 Å². The van der Waals surface area contributed by atoms with Crippen LogP contribution in [0, 0.1) is 0 Å². The molecule has 0 saturated heterocycles. The van der Waals surface area contributed by atoms with E-state index in [2.05, 4.69) is 41.4 Å². The summed E-state index contributed by atoms with van der Waals surface area (Å²) in [5.41, 5.74) is 2.21. The fraction of sp³-hybridized carbons (Fsp3) is 0.235. The van der Waals surface area contributed by atoms with Crippen LogP contribution in [-0.4, -0.2) is 16.6 Å². The van der Waals surface area contributed by atoms with Crippen LogP contribution >= 0.6 is 23.8 Å². The third-order valence-electron chi connectivity index (χ3n) is 3.09. The fourth-order valence-electron chi connectivity index (χ4n) is 2.06. The zero-order valence-electron chi connectivity index (χ0n) is 12.1. The van der Waals surface area contributed by atoms with Gasteiger partial charge in [-0.3, -0.25) is 0 Å². The lowest BCUT2D eigenvalue weighted by Gasteiger charge is -2.25. The molecule has 0 atom stereocenters. The van der Waals surface area contributed by atoms with Crippen molar-refractivity contribution in [1.29, 1.82) is 0 Å². The predicted molar refractivity (Wildman–Crippen MR) is 94.8 cm³/mol. The van der Waals surface area contributed by atoms with Gasteiger partial charge < -0.3 is 10.2 Å². The van der Waals surface area contributed by atoms with E-state index >= 15 is 0 Å². The second-order valence-electron chi connectivity index (χ2n) is 4.84. The van der Waals surface area contributed by atoms with Gasteiger partial charge in [0.15, 0.2) is 5.11 Å². The second-order valence-corrected chi connectivity index (χ2v) is 5.67. The summed E-state index contributed by atoms with van der Waals surface area (Å²) in [7, 11) is 0. The van der Waals surface area contributed by atoms with Gasteiger partial charge >= 0.3 is 0 Å². The highest BCUT2D eigenvalue weighted by Gasteiger charge is 2.09. The molecule has 0 spiro atoms. The molecule has 2 nitrogen and oxygen atoms in total. The normalized spacial score (nSPS) is 10.2. The molecule has 0 radical (unpaired) electrons. The van der Waals surface area contributed by atoms with Gasteiger partial charge in [0.25, 0.3) is 0 Å². The van der Waals surface area contributed by atoms with Crippen LogP contribution in [0.15, 0.2) is 54.6 Å². The van der Waals surface area contributed by atoms with Gasteiger partial charge in [-0.15, -0.1) is 0 Å². The molecule has 0 aliphatic rings. The van der Waals surface area contributed by atoms with E-state index in [1.807, 2.05) is 30.3 Å². The Balaban J connectivity index is 2.03. The number of hydrogen-bond donors (Lipinski definition) is 1. The van der Waals surface area contributed by atoms with Gasteiger partial charge in [0.2, 0.25) is 0 Å². The van der Waals surface area contributed by atoms with Crippen molar-refractivity contribution in [2.24, 2.45) is 0 Å². The smallest absolute Gasteiger partial charge is 0.173 e. The summed E-state index contributed by atoms with van der Waals surface area (Å²) in [6, 6.07) is 17.9. The standard InChI is InChI=1S/C17H19ClN2S/c1-2-12-20(13-14-6-4-3-5-7-14)17(21)19-16-10-8-15(18)9-11-16/h3-11H,2,12-13H2,1H3,(H,19,21). The molecule has 0 bridgehead atoms. The van der Waals surface area contributed by atoms with Crippen molar-refractivity contribution in [2.75, 3.05) is 11.9 Å². The maximum atomic E-state index is 5.90. The Morgan fingerprint density at radius 3 is 2.38 bits per heavy atom. The van der Waals surface area contributed by atoms with Crippen LogP contribution in [0.3, 0.4) is 0 Å². The van der Waals surface area contributed by atoms with Crippen LogP contribution in [0.1, 0.15) is 18.9 Å². The molecule has 0 aliphatic carbocycles. The Labute approximate surface area is 136 Å². The molecule has 0 aliphatic heterocycles. The van der Waals surface area contributed by atoms with Crippen LogP contribution in [0.5, 0.6) is 0 Å². The molecule has 110 valence electrons. The minimum atomic E-state index is 0.723. The number of thiocarbonyl (C=S) groups is 1. The van der Waals surface area contributed by atoms with Gasteiger partial charge in [-0.1, -0.05) is 48.9 Å². The predicted octanol–water partition coefficient (Wildman–Crippen LogP) is 4.95. The minimum absolute atomic E-state index is 0.723. The van der Waals surface area contributed by atoms with E-state index in [9.17, 15) is 0 Å². The van der Waals surface area contributed by atoms with Crippen molar-refractivity contribution in [2.45, 2.75) is 19.9 Å². The van der Waals surface area contributed by atoms with Crippen LogP contribution in [0.4, 0.5) is 5.69 Å². The SMILES string of the molecule is CCCN(Cc1ccccc1)C(=S)Nc1ccc(Cl)cc1. The van der Waals surface area contributed by atoms with Crippen molar-refractivity contribution >= 4 is 34.6 Å². The van der Waals surface area contributed by atoms with E-state index in [0.717, 1.165) is 35.3 Å².